The Bertz CT molecular complexity index is 897. The fourth-order valence-corrected chi connectivity index (χ4v) is 2.66. The van der Waals surface area contributed by atoms with E-state index in [1.807, 2.05) is 32.9 Å². The molecule has 2 aromatic carbocycles. The molecule has 118 valence electrons. The van der Waals surface area contributed by atoms with E-state index in [-0.39, 0.29) is 18.1 Å². The minimum atomic E-state index is -0.250. The Hall–Kier alpha value is -2.82. The van der Waals surface area contributed by atoms with Crippen molar-refractivity contribution in [1.29, 1.82) is 0 Å². The lowest BCUT2D eigenvalue weighted by atomic mass is 10.1. The summed E-state index contributed by atoms with van der Waals surface area (Å²) in [5.41, 5.74) is 4.74. The summed E-state index contributed by atoms with van der Waals surface area (Å²) < 4.78 is 5.35. The summed E-state index contributed by atoms with van der Waals surface area (Å²) in [6.45, 7) is 5.84. The molecular weight excluding hydrogens is 292 g/mol. The zero-order chi connectivity index (χ0) is 16.6. The van der Waals surface area contributed by atoms with E-state index in [2.05, 4.69) is 10.5 Å². The number of nitrogens with zero attached hydrogens (tertiary/aromatic N) is 1. The van der Waals surface area contributed by atoms with Crippen molar-refractivity contribution < 1.29 is 14.4 Å². The number of rotatable bonds is 3. The number of carbonyl (C=O) groups excluding carboxylic acids is 1. The number of hydrogen-bond donors (Lipinski definition) is 2. The number of phenolic OH excluding ortho intramolecular Hbond substituents is 1. The van der Waals surface area contributed by atoms with Crippen molar-refractivity contribution >= 4 is 22.6 Å². The second-order valence-electron chi connectivity index (χ2n) is 5.83. The molecule has 0 saturated carbocycles. The van der Waals surface area contributed by atoms with E-state index in [1.165, 1.54) is 0 Å². The standard InChI is InChI=1S/C18H18N2O3/c1-10-4-5-16(21)15(8-10)19-17(22)9-14-13-7-11(2)6-12(3)18(13)23-20-14/h4-8,21H,9H2,1-3H3,(H,19,22). The molecule has 0 aliphatic carbocycles. The second-order valence-corrected chi connectivity index (χ2v) is 5.83. The van der Waals surface area contributed by atoms with Crippen LogP contribution in [0.5, 0.6) is 5.75 Å². The first-order chi connectivity index (χ1) is 10.9. The smallest absolute Gasteiger partial charge is 0.230 e. The zero-order valence-electron chi connectivity index (χ0n) is 13.3. The maximum atomic E-state index is 12.3. The van der Waals surface area contributed by atoms with E-state index in [9.17, 15) is 9.90 Å². The van der Waals surface area contributed by atoms with E-state index in [1.54, 1.807) is 18.2 Å². The van der Waals surface area contributed by atoms with Gasteiger partial charge in [0.25, 0.3) is 0 Å². The van der Waals surface area contributed by atoms with Crippen LogP contribution in [-0.2, 0) is 11.2 Å². The number of nitrogens with one attached hydrogen (secondary N) is 1. The molecular formula is C18H18N2O3. The molecule has 0 saturated heterocycles. The van der Waals surface area contributed by atoms with Gasteiger partial charge in [0.1, 0.15) is 11.4 Å². The Labute approximate surface area is 133 Å². The first-order valence-corrected chi connectivity index (χ1v) is 7.39. The fraction of sp³-hybridized carbons (Fsp3) is 0.222. The lowest BCUT2D eigenvalue weighted by Crippen LogP contribution is -2.15. The second kappa shape index (κ2) is 5.76. The van der Waals surface area contributed by atoms with Crippen LogP contribution in [0.25, 0.3) is 11.0 Å². The Morgan fingerprint density at radius 1 is 1.17 bits per heavy atom. The minimum absolute atomic E-state index is 0.0423. The Balaban J connectivity index is 1.85. The van der Waals surface area contributed by atoms with E-state index in [4.69, 9.17) is 4.52 Å². The Morgan fingerprint density at radius 2 is 1.96 bits per heavy atom. The van der Waals surface area contributed by atoms with Gasteiger partial charge in [-0.25, -0.2) is 0 Å². The van der Waals surface area contributed by atoms with Crippen LogP contribution in [0.1, 0.15) is 22.4 Å². The Kier molecular flexibility index (Phi) is 3.78. The topological polar surface area (TPSA) is 75.4 Å². The number of carbonyl (C=O) groups is 1. The number of aryl methyl sites for hydroxylation is 3. The molecule has 0 aliphatic heterocycles. The quantitative estimate of drug-likeness (QED) is 0.724. The van der Waals surface area contributed by atoms with Crippen LogP contribution in [0.3, 0.4) is 0 Å². The van der Waals surface area contributed by atoms with Gasteiger partial charge in [-0.1, -0.05) is 17.3 Å². The summed E-state index contributed by atoms with van der Waals surface area (Å²) in [5, 5.41) is 17.4. The van der Waals surface area contributed by atoms with Crippen LogP contribution in [0.15, 0.2) is 34.9 Å². The third kappa shape index (κ3) is 3.04. The third-order valence-corrected chi connectivity index (χ3v) is 3.73. The maximum absolute atomic E-state index is 12.3. The number of aromatic hydroxyl groups is 1. The van der Waals surface area contributed by atoms with Gasteiger partial charge in [0, 0.05) is 5.39 Å². The summed E-state index contributed by atoms with van der Waals surface area (Å²) in [6, 6.07) is 9.04. The molecule has 0 radical (unpaired) electrons. The number of anilines is 1. The number of fused-ring (bicyclic) bond motifs is 1. The minimum Gasteiger partial charge on any atom is -0.506 e. The van der Waals surface area contributed by atoms with E-state index >= 15 is 0 Å². The number of amides is 1. The molecule has 0 atom stereocenters. The molecule has 3 aromatic rings. The van der Waals surface area contributed by atoms with Crippen LogP contribution in [0.2, 0.25) is 0 Å². The summed E-state index contributed by atoms with van der Waals surface area (Å²) >= 11 is 0. The van der Waals surface area contributed by atoms with E-state index in [0.717, 1.165) is 22.1 Å². The summed E-state index contributed by atoms with van der Waals surface area (Å²) in [7, 11) is 0. The maximum Gasteiger partial charge on any atom is 0.230 e. The first-order valence-electron chi connectivity index (χ1n) is 7.39. The average Bonchev–Trinajstić information content (AvgIpc) is 2.86. The van der Waals surface area contributed by atoms with Crippen LogP contribution in [0.4, 0.5) is 5.69 Å². The zero-order valence-corrected chi connectivity index (χ0v) is 13.3. The number of hydrogen-bond acceptors (Lipinski definition) is 4. The van der Waals surface area contributed by atoms with Gasteiger partial charge in [0.15, 0.2) is 5.58 Å². The SMILES string of the molecule is Cc1ccc(O)c(NC(=O)Cc2noc3c(C)cc(C)cc23)c1. The summed E-state index contributed by atoms with van der Waals surface area (Å²) in [4.78, 5) is 12.3. The molecule has 1 aromatic heterocycles. The van der Waals surface area contributed by atoms with Gasteiger partial charge in [-0.05, 0) is 55.7 Å². The molecule has 0 unspecified atom stereocenters. The van der Waals surface area contributed by atoms with Crippen molar-refractivity contribution in [2.45, 2.75) is 27.2 Å². The largest absolute Gasteiger partial charge is 0.506 e. The number of phenols is 1. The van der Waals surface area contributed by atoms with Crippen LogP contribution in [-0.4, -0.2) is 16.2 Å². The Morgan fingerprint density at radius 3 is 2.74 bits per heavy atom. The van der Waals surface area contributed by atoms with Crippen LogP contribution >= 0.6 is 0 Å². The van der Waals surface area contributed by atoms with Crippen molar-refractivity contribution in [3.8, 4) is 5.75 Å². The molecule has 23 heavy (non-hydrogen) atoms. The average molecular weight is 310 g/mol. The van der Waals surface area contributed by atoms with Crippen molar-refractivity contribution in [3.63, 3.8) is 0 Å². The van der Waals surface area contributed by atoms with Gasteiger partial charge in [-0.3, -0.25) is 4.79 Å². The molecule has 5 nitrogen and oxygen atoms in total. The third-order valence-electron chi connectivity index (χ3n) is 3.73. The van der Waals surface area contributed by atoms with Gasteiger partial charge in [-0.2, -0.15) is 0 Å². The van der Waals surface area contributed by atoms with Gasteiger partial charge in [-0.15, -0.1) is 0 Å². The molecule has 5 heteroatoms. The van der Waals surface area contributed by atoms with Gasteiger partial charge in [0.05, 0.1) is 12.1 Å². The van der Waals surface area contributed by atoms with Gasteiger partial charge < -0.3 is 14.9 Å². The van der Waals surface area contributed by atoms with Crippen LogP contribution in [0, 0.1) is 20.8 Å². The number of benzene rings is 2. The van der Waals surface area contributed by atoms with Crippen molar-refractivity contribution in [2.75, 3.05) is 5.32 Å². The fourth-order valence-electron chi connectivity index (χ4n) is 2.66. The highest BCUT2D eigenvalue weighted by atomic mass is 16.5. The lowest BCUT2D eigenvalue weighted by molar-refractivity contribution is -0.115. The molecule has 0 spiro atoms. The predicted molar refractivity (Wildman–Crippen MR) is 88.7 cm³/mol. The van der Waals surface area contributed by atoms with Crippen molar-refractivity contribution in [1.82, 2.24) is 5.16 Å². The van der Waals surface area contributed by atoms with Gasteiger partial charge >= 0.3 is 0 Å². The first kappa shape index (κ1) is 15.1. The van der Waals surface area contributed by atoms with Crippen molar-refractivity contribution in [2.24, 2.45) is 0 Å². The highest BCUT2D eigenvalue weighted by Gasteiger charge is 2.15. The molecule has 2 N–H and O–H groups in total. The molecule has 0 aliphatic rings. The molecule has 0 fully saturated rings. The summed E-state index contributed by atoms with van der Waals surface area (Å²) in [5.74, 6) is -0.207. The monoisotopic (exact) mass is 310 g/mol. The van der Waals surface area contributed by atoms with E-state index in [0.29, 0.717) is 17.0 Å². The molecule has 1 amide bonds. The highest BCUT2D eigenvalue weighted by Crippen LogP contribution is 2.26. The normalized spacial score (nSPS) is 10.9. The number of aromatic nitrogens is 1. The lowest BCUT2D eigenvalue weighted by Gasteiger charge is -2.07. The van der Waals surface area contributed by atoms with Crippen molar-refractivity contribution in [3.05, 3.63) is 52.7 Å². The highest BCUT2D eigenvalue weighted by molar-refractivity contribution is 5.96. The molecule has 1 heterocycles. The van der Waals surface area contributed by atoms with E-state index < -0.39 is 0 Å². The summed E-state index contributed by atoms with van der Waals surface area (Å²) in [6.07, 6.45) is 0.0866. The van der Waals surface area contributed by atoms with Crippen LogP contribution < -0.4 is 5.32 Å². The van der Waals surface area contributed by atoms with Gasteiger partial charge in [0.2, 0.25) is 5.91 Å². The molecule has 0 bridgehead atoms. The predicted octanol–water partition coefficient (Wildman–Crippen LogP) is 3.64. The molecule has 3 rings (SSSR count).